The molecule has 0 bridgehead atoms. The Kier molecular flexibility index (Phi) is 5.12. The minimum absolute atomic E-state index is 0.0514. The number of nitrogens with one attached hydrogen (secondary N) is 1. The molecule has 0 aromatic heterocycles. The first-order valence-electron chi connectivity index (χ1n) is 7.08. The summed E-state index contributed by atoms with van der Waals surface area (Å²) in [6, 6.07) is 17.4. The van der Waals surface area contributed by atoms with Crippen molar-refractivity contribution in [1.29, 1.82) is 0 Å². The zero-order valence-electron chi connectivity index (χ0n) is 12.7. The van der Waals surface area contributed by atoms with Crippen LogP contribution in [0, 0.1) is 6.92 Å². The maximum absolute atomic E-state index is 12.1. The quantitative estimate of drug-likeness (QED) is 0.853. The largest absolute Gasteiger partial charge is 0.468 e. The van der Waals surface area contributed by atoms with Crippen LogP contribution in [0.3, 0.4) is 0 Å². The van der Waals surface area contributed by atoms with Gasteiger partial charge >= 0.3 is 5.97 Å². The minimum atomic E-state index is -0.467. The Bertz CT molecular complexity index is 595. The molecule has 0 spiro atoms. The minimum Gasteiger partial charge on any atom is -0.468 e. The Morgan fingerprint density at radius 1 is 1.05 bits per heavy atom. The smallest absolute Gasteiger partial charge is 0.327 e. The van der Waals surface area contributed by atoms with E-state index in [0.717, 1.165) is 5.56 Å². The van der Waals surface area contributed by atoms with Gasteiger partial charge in [-0.05, 0) is 30.5 Å². The van der Waals surface area contributed by atoms with Gasteiger partial charge in [-0.1, -0.05) is 54.6 Å². The van der Waals surface area contributed by atoms with Gasteiger partial charge in [0.25, 0.3) is 0 Å². The van der Waals surface area contributed by atoms with Crippen molar-refractivity contribution in [2.45, 2.75) is 25.9 Å². The summed E-state index contributed by atoms with van der Waals surface area (Å²) in [5, 5.41) is 3.37. The summed E-state index contributed by atoms with van der Waals surface area (Å²) < 4.78 is 4.93. The number of hydrogen-bond acceptors (Lipinski definition) is 3. The number of methoxy groups -OCH3 is 1. The van der Waals surface area contributed by atoms with Gasteiger partial charge in [-0.2, -0.15) is 0 Å². The van der Waals surface area contributed by atoms with Crippen LogP contribution in [0.15, 0.2) is 54.6 Å². The summed E-state index contributed by atoms with van der Waals surface area (Å²) in [5.74, 6) is -0.276. The van der Waals surface area contributed by atoms with Crippen molar-refractivity contribution in [3.8, 4) is 0 Å². The summed E-state index contributed by atoms with van der Waals surface area (Å²) >= 11 is 0. The molecule has 2 rings (SSSR count). The van der Waals surface area contributed by atoms with E-state index in [-0.39, 0.29) is 12.0 Å². The molecule has 0 amide bonds. The van der Waals surface area contributed by atoms with Gasteiger partial charge < -0.3 is 4.74 Å². The van der Waals surface area contributed by atoms with Crippen LogP contribution in [0.5, 0.6) is 0 Å². The molecule has 0 saturated carbocycles. The number of aryl methyl sites for hydroxylation is 1. The monoisotopic (exact) mass is 283 g/mol. The van der Waals surface area contributed by atoms with E-state index < -0.39 is 6.04 Å². The summed E-state index contributed by atoms with van der Waals surface area (Å²) in [7, 11) is 1.42. The number of rotatable bonds is 5. The Hall–Kier alpha value is -2.13. The molecular weight excluding hydrogens is 262 g/mol. The molecule has 110 valence electrons. The molecule has 0 saturated heterocycles. The first-order chi connectivity index (χ1) is 10.1. The van der Waals surface area contributed by atoms with Crippen LogP contribution in [0.2, 0.25) is 0 Å². The Balaban J connectivity index is 2.24. The van der Waals surface area contributed by atoms with Crippen LogP contribution in [-0.4, -0.2) is 13.1 Å². The van der Waals surface area contributed by atoms with Crippen molar-refractivity contribution in [2.24, 2.45) is 0 Å². The van der Waals surface area contributed by atoms with Crippen LogP contribution in [0.4, 0.5) is 0 Å². The molecule has 0 radical (unpaired) electrons. The third-order valence-corrected chi connectivity index (χ3v) is 3.64. The van der Waals surface area contributed by atoms with E-state index >= 15 is 0 Å². The first-order valence-corrected chi connectivity index (χ1v) is 7.08. The molecule has 0 fully saturated rings. The summed E-state index contributed by atoms with van der Waals surface area (Å²) in [6.45, 7) is 4.13. The van der Waals surface area contributed by atoms with Gasteiger partial charge in [-0.25, -0.2) is 4.79 Å². The van der Waals surface area contributed by atoms with Crippen LogP contribution in [0.25, 0.3) is 0 Å². The van der Waals surface area contributed by atoms with E-state index in [1.165, 1.54) is 18.2 Å². The van der Waals surface area contributed by atoms with Crippen LogP contribution in [-0.2, 0) is 9.53 Å². The predicted molar refractivity (Wildman–Crippen MR) is 83.9 cm³/mol. The second kappa shape index (κ2) is 7.04. The molecular formula is C18H21NO2. The number of ether oxygens (including phenoxy) is 1. The fourth-order valence-corrected chi connectivity index (χ4v) is 2.48. The lowest BCUT2D eigenvalue weighted by molar-refractivity contribution is -0.143. The standard InChI is InChI=1S/C18H21NO2/c1-13-9-7-8-12-16(13)14(2)19-17(18(20)21-3)15-10-5-4-6-11-15/h4-12,14,17,19H,1-3H3. The van der Waals surface area contributed by atoms with Crippen molar-refractivity contribution < 1.29 is 9.53 Å². The van der Waals surface area contributed by atoms with Crippen LogP contribution < -0.4 is 5.32 Å². The van der Waals surface area contributed by atoms with Crippen LogP contribution >= 0.6 is 0 Å². The van der Waals surface area contributed by atoms with Gasteiger partial charge in [0, 0.05) is 6.04 Å². The third-order valence-electron chi connectivity index (χ3n) is 3.64. The summed E-state index contributed by atoms with van der Waals surface area (Å²) in [6.07, 6.45) is 0. The highest BCUT2D eigenvalue weighted by molar-refractivity contribution is 5.77. The van der Waals surface area contributed by atoms with E-state index in [9.17, 15) is 4.79 Å². The van der Waals surface area contributed by atoms with E-state index in [1.807, 2.05) is 42.5 Å². The highest BCUT2D eigenvalue weighted by atomic mass is 16.5. The lowest BCUT2D eigenvalue weighted by atomic mass is 10.00. The maximum Gasteiger partial charge on any atom is 0.327 e. The number of benzene rings is 2. The molecule has 2 unspecified atom stereocenters. The van der Waals surface area contributed by atoms with E-state index in [0.29, 0.717) is 0 Å². The molecule has 2 atom stereocenters. The van der Waals surface area contributed by atoms with Gasteiger partial charge in [0.1, 0.15) is 6.04 Å². The number of carbonyl (C=O) groups is 1. The van der Waals surface area contributed by atoms with E-state index in [4.69, 9.17) is 4.74 Å². The highest BCUT2D eigenvalue weighted by Gasteiger charge is 2.23. The molecule has 2 aromatic carbocycles. The Labute approximate surface area is 126 Å². The van der Waals surface area contributed by atoms with E-state index in [1.54, 1.807) is 0 Å². The molecule has 1 N–H and O–H groups in total. The summed E-state index contributed by atoms with van der Waals surface area (Å²) in [4.78, 5) is 12.1. The van der Waals surface area contributed by atoms with Gasteiger partial charge in [0.05, 0.1) is 7.11 Å². The van der Waals surface area contributed by atoms with Gasteiger partial charge in [0.2, 0.25) is 0 Å². The fourth-order valence-electron chi connectivity index (χ4n) is 2.48. The number of hydrogen-bond donors (Lipinski definition) is 1. The third kappa shape index (κ3) is 3.70. The van der Waals surface area contributed by atoms with Crippen LogP contribution in [0.1, 0.15) is 35.7 Å². The van der Waals surface area contributed by atoms with Crippen molar-refractivity contribution in [2.75, 3.05) is 7.11 Å². The fraction of sp³-hybridized carbons (Fsp3) is 0.278. The van der Waals surface area contributed by atoms with Gasteiger partial charge in [0.15, 0.2) is 0 Å². The summed E-state index contributed by atoms with van der Waals surface area (Å²) in [5.41, 5.74) is 3.29. The average molecular weight is 283 g/mol. The van der Waals surface area contributed by atoms with Crippen molar-refractivity contribution in [3.05, 3.63) is 71.3 Å². The highest BCUT2D eigenvalue weighted by Crippen LogP contribution is 2.22. The van der Waals surface area contributed by atoms with Crippen molar-refractivity contribution in [1.82, 2.24) is 5.32 Å². The molecule has 3 nitrogen and oxygen atoms in total. The maximum atomic E-state index is 12.1. The molecule has 0 aliphatic rings. The predicted octanol–water partition coefficient (Wildman–Crippen LogP) is 3.56. The lowest BCUT2D eigenvalue weighted by Crippen LogP contribution is -2.32. The number of carbonyl (C=O) groups excluding carboxylic acids is 1. The second-order valence-corrected chi connectivity index (χ2v) is 5.11. The molecule has 3 heteroatoms. The Morgan fingerprint density at radius 2 is 1.67 bits per heavy atom. The topological polar surface area (TPSA) is 38.3 Å². The zero-order valence-corrected chi connectivity index (χ0v) is 12.7. The molecule has 0 heterocycles. The lowest BCUT2D eigenvalue weighted by Gasteiger charge is -2.23. The molecule has 0 aliphatic carbocycles. The number of esters is 1. The molecule has 21 heavy (non-hydrogen) atoms. The molecule has 0 aliphatic heterocycles. The first kappa shape index (κ1) is 15.3. The van der Waals surface area contributed by atoms with Gasteiger partial charge in [-0.3, -0.25) is 5.32 Å². The average Bonchev–Trinajstić information content (AvgIpc) is 2.53. The van der Waals surface area contributed by atoms with Gasteiger partial charge in [-0.15, -0.1) is 0 Å². The molecule has 2 aromatic rings. The van der Waals surface area contributed by atoms with Crippen molar-refractivity contribution in [3.63, 3.8) is 0 Å². The normalized spacial score (nSPS) is 13.5. The zero-order chi connectivity index (χ0) is 15.2. The van der Waals surface area contributed by atoms with E-state index in [2.05, 4.69) is 31.3 Å². The Morgan fingerprint density at radius 3 is 2.29 bits per heavy atom. The van der Waals surface area contributed by atoms with Crippen molar-refractivity contribution >= 4 is 5.97 Å². The SMILES string of the molecule is COC(=O)C(NC(C)c1ccccc1C)c1ccccc1. The second-order valence-electron chi connectivity index (χ2n) is 5.11.